The van der Waals surface area contributed by atoms with Gasteiger partial charge >= 0.3 is 0 Å². The van der Waals surface area contributed by atoms with Gasteiger partial charge < -0.3 is 16.4 Å². The van der Waals surface area contributed by atoms with Gasteiger partial charge in [-0.2, -0.15) is 0 Å². The van der Waals surface area contributed by atoms with Crippen molar-refractivity contribution in [2.24, 2.45) is 5.73 Å². The number of rotatable bonds is 5. The molecule has 0 aromatic carbocycles. The lowest BCUT2D eigenvalue weighted by molar-refractivity contribution is -0.121. The van der Waals surface area contributed by atoms with Crippen molar-refractivity contribution in [2.75, 3.05) is 18.4 Å². The molecule has 1 aromatic rings. The number of hydrogen-bond donors (Lipinski definition) is 3. The van der Waals surface area contributed by atoms with Crippen LogP contribution in [0, 0.1) is 0 Å². The van der Waals surface area contributed by atoms with Crippen molar-refractivity contribution in [3.63, 3.8) is 0 Å². The lowest BCUT2D eigenvalue weighted by atomic mass is 10.3. The molecule has 17 heavy (non-hydrogen) atoms. The number of nitrogens with zero attached hydrogens (tertiary/aromatic N) is 2. The predicted octanol–water partition coefficient (Wildman–Crippen LogP) is 0.195. The Bertz CT molecular complexity index is 310. The van der Waals surface area contributed by atoms with Crippen LogP contribution in [0.5, 0.6) is 0 Å². The van der Waals surface area contributed by atoms with E-state index in [1.807, 2.05) is 0 Å². The molecule has 98 valence electrons. The van der Waals surface area contributed by atoms with Crippen molar-refractivity contribution < 1.29 is 4.79 Å². The average molecular weight is 282 g/mol. The van der Waals surface area contributed by atoms with E-state index in [1.165, 1.54) is 0 Å². The highest BCUT2D eigenvalue weighted by Crippen LogP contribution is 1.94. The van der Waals surface area contributed by atoms with Crippen LogP contribution in [0.25, 0.3) is 0 Å². The fourth-order valence-corrected chi connectivity index (χ4v) is 0.928. The Morgan fingerprint density at radius 3 is 2.65 bits per heavy atom. The van der Waals surface area contributed by atoms with Crippen molar-refractivity contribution in [1.82, 2.24) is 15.3 Å². The summed E-state index contributed by atoms with van der Waals surface area (Å²) in [5, 5.41) is 5.69. The normalized spacial score (nSPS) is 10.5. The Balaban J connectivity index is 0. The number of aromatic nitrogens is 2. The monoisotopic (exact) mass is 281 g/mol. The molecule has 6 nitrogen and oxygen atoms in total. The van der Waals surface area contributed by atoms with Crippen LogP contribution < -0.4 is 16.4 Å². The van der Waals surface area contributed by atoms with Crippen LogP contribution in [0.4, 0.5) is 5.82 Å². The van der Waals surface area contributed by atoms with Crippen LogP contribution in [0.3, 0.4) is 0 Å². The van der Waals surface area contributed by atoms with E-state index in [1.54, 1.807) is 25.5 Å². The number of halogens is 2. The summed E-state index contributed by atoms with van der Waals surface area (Å²) >= 11 is 0. The summed E-state index contributed by atoms with van der Waals surface area (Å²) in [6.45, 7) is 2.75. The Morgan fingerprint density at radius 1 is 1.41 bits per heavy atom. The first-order chi connectivity index (χ1) is 7.20. The van der Waals surface area contributed by atoms with Crippen LogP contribution in [0.1, 0.15) is 6.92 Å². The second-order valence-electron chi connectivity index (χ2n) is 3.10. The minimum absolute atomic E-state index is 0. The number of hydrogen-bond acceptors (Lipinski definition) is 5. The van der Waals surface area contributed by atoms with Gasteiger partial charge in [-0.05, 0) is 6.92 Å². The smallest absolute Gasteiger partial charge is 0.236 e. The Hall–Kier alpha value is -1.11. The van der Waals surface area contributed by atoms with Crippen molar-refractivity contribution in [3.05, 3.63) is 18.6 Å². The molecule has 0 aliphatic carbocycles. The molecule has 4 N–H and O–H groups in total. The van der Waals surface area contributed by atoms with Crippen LogP contribution in [0.15, 0.2) is 18.6 Å². The molecular weight excluding hydrogens is 265 g/mol. The second-order valence-corrected chi connectivity index (χ2v) is 3.10. The minimum atomic E-state index is -0.471. The van der Waals surface area contributed by atoms with Gasteiger partial charge in [0.15, 0.2) is 0 Å². The van der Waals surface area contributed by atoms with Gasteiger partial charge in [0.25, 0.3) is 0 Å². The summed E-state index contributed by atoms with van der Waals surface area (Å²) in [6, 6.07) is -0.471. The number of carbonyl (C=O) groups is 1. The highest BCUT2D eigenvalue weighted by Gasteiger charge is 2.04. The van der Waals surface area contributed by atoms with Gasteiger partial charge in [-0.1, -0.05) is 0 Å². The van der Waals surface area contributed by atoms with Crippen molar-refractivity contribution in [1.29, 1.82) is 0 Å². The molecule has 0 fully saturated rings. The molecule has 1 unspecified atom stereocenters. The zero-order valence-electron chi connectivity index (χ0n) is 9.42. The zero-order chi connectivity index (χ0) is 11.1. The van der Waals surface area contributed by atoms with Gasteiger partial charge in [-0.15, -0.1) is 24.8 Å². The molecule has 0 saturated carbocycles. The summed E-state index contributed by atoms with van der Waals surface area (Å²) < 4.78 is 0. The number of nitrogens with two attached hydrogens (primary N) is 1. The highest BCUT2D eigenvalue weighted by molar-refractivity contribution is 5.85. The lowest BCUT2D eigenvalue weighted by Gasteiger charge is -2.08. The first-order valence-electron chi connectivity index (χ1n) is 4.73. The van der Waals surface area contributed by atoms with E-state index in [-0.39, 0.29) is 30.7 Å². The van der Waals surface area contributed by atoms with Crippen molar-refractivity contribution in [2.45, 2.75) is 13.0 Å². The van der Waals surface area contributed by atoms with Crippen molar-refractivity contribution >= 4 is 36.5 Å². The van der Waals surface area contributed by atoms with Crippen LogP contribution >= 0.6 is 24.8 Å². The predicted molar refractivity (Wildman–Crippen MR) is 71.7 cm³/mol. The minimum Gasteiger partial charge on any atom is -0.367 e. The van der Waals surface area contributed by atoms with E-state index < -0.39 is 6.04 Å². The van der Waals surface area contributed by atoms with Gasteiger partial charge in [0.1, 0.15) is 5.82 Å². The summed E-state index contributed by atoms with van der Waals surface area (Å²) in [6.07, 6.45) is 4.82. The first kappa shape index (κ1) is 18.3. The Kier molecular flexibility index (Phi) is 10.8. The topological polar surface area (TPSA) is 92.9 Å². The quantitative estimate of drug-likeness (QED) is 0.671. The van der Waals surface area contributed by atoms with Crippen LogP contribution in [-0.4, -0.2) is 35.0 Å². The summed E-state index contributed by atoms with van der Waals surface area (Å²) in [5.74, 6) is 0.531. The van der Waals surface area contributed by atoms with Gasteiger partial charge in [0.05, 0.1) is 12.2 Å². The first-order valence-corrected chi connectivity index (χ1v) is 4.73. The molecule has 0 aliphatic heterocycles. The number of nitrogens with one attached hydrogen (secondary N) is 2. The maximum atomic E-state index is 11.1. The molecule has 1 heterocycles. The SMILES string of the molecule is CC(N)C(=O)NCCNc1cnccn1.Cl.Cl. The van der Waals surface area contributed by atoms with Gasteiger partial charge in [-0.25, -0.2) is 4.98 Å². The van der Waals surface area contributed by atoms with Crippen LogP contribution in [0.2, 0.25) is 0 Å². The zero-order valence-corrected chi connectivity index (χ0v) is 11.1. The summed E-state index contributed by atoms with van der Waals surface area (Å²) in [7, 11) is 0. The van der Waals surface area contributed by atoms with E-state index in [2.05, 4.69) is 20.6 Å². The molecular formula is C9H17Cl2N5O. The molecule has 1 aromatic heterocycles. The third-order valence-corrected chi connectivity index (χ3v) is 1.71. The lowest BCUT2D eigenvalue weighted by Crippen LogP contribution is -2.40. The summed E-state index contributed by atoms with van der Waals surface area (Å²) in [5.41, 5.74) is 5.37. The van der Waals surface area contributed by atoms with E-state index in [4.69, 9.17) is 5.73 Å². The number of anilines is 1. The molecule has 0 spiro atoms. The Labute approximate surface area is 113 Å². The van der Waals surface area contributed by atoms with Gasteiger partial charge in [0.2, 0.25) is 5.91 Å². The third kappa shape index (κ3) is 7.73. The van der Waals surface area contributed by atoms with Gasteiger partial charge in [0, 0.05) is 25.5 Å². The number of carbonyl (C=O) groups excluding carboxylic acids is 1. The molecule has 1 amide bonds. The molecule has 0 radical (unpaired) electrons. The third-order valence-electron chi connectivity index (χ3n) is 1.71. The molecule has 0 aliphatic rings. The van der Waals surface area contributed by atoms with E-state index >= 15 is 0 Å². The van der Waals surface area contributed by atoms with E-state index in [9.17, 15) is 4.79 Å². The molecule has 0 saturated heterocycles. The maximum Gasteiger partial charge on any atom is 0.236 e. The van der Waals surface area contributed by atoms with E-state index in [0.29, 0.717) is 18.9 Å². The molecule has 0 bridgehead atoms. The molecule has 8 heteroatoms. The largest absolute Gasteiger partial charge is 0.367 e. The fraction of sp³-hybridized carbons (Fsp3) is 0.444. The average Bonchev–Trinajstić information content (AvgIpc) is 2.25. The summed E-state index contributed by atoms with van der Waals surface area (Å²) in [4.78, 5) is 19.0. The maximum absolute atomic E-state index is 11.1. The second kappa shape index (κ2) is 10.1. The van der Waals surface area contributed by atoms with Crippen molar-refractivity contribution in [3.8, 4) is 0 Å². The fourth-order valence-electron chi connectivity index (χ4n) is 0.928. The molecule has 1 atom stereocenters. The van der Waals surface area contributed by atoms with Gasteiger partial charge in [-0.3, -0.25) is 9.78 Å². The number of amides is 1. The van der Waals surface area contributed by atoms with Crippen LogP contribution in [-0.2, 0) is 4.79 Å². The molecule has 1 rings (SSSR count). The Morgan fingerprint density at radius 2 is 2.12 bits per heavy atom. The highest BCUT2D eigenvalue weighted by atomic mass is 35.5. The standard InChI is InChI=1S/C9H15N5O.2ClH/c1-7(10)9(15)14-5-4-13-8-6-11-2-3-12-8;;/h2-3,6-7H,4-5,10H2,1H3,(H,12,13)(H,14,15);2*1H. The van der Waals surface area contributed by atoms with E-state index in [0.717, 1.165) is 0 Å².